The molecule has 0 aromatic carbocycles. The molecule has 0 heterocycles. The van der Waals surface area contributed by atoms with Crippen molar-refractivity contribution in [2.75, 3.05) is 6.61 Å². The highest BCUT2D eigenvalue weighted by molar-refractivity contribution is 5.69. The van der Waals surface area contributed by atoms with Gasteiger partial charge in [0, 0.05) is 0 Å². The fraction of sp³-hybridized carbons (Fsp3) is 0.786. The van der Waals surface area contributed by atoms with Crippen molar-refractivity contribution < 1.29 is 9.53 Å². The molecule has 1 aliphatic rings. The Morgan fingerprint density at radius 2 is 2.06 bits per heavy atom. The lowest BCUT2D eigenvalue weighted by atomic mass is 9.88. The maximum atomic E-state index is 11.2. The van der Waals surface area contributed by atoms with Gasteiger partial charge in [-0.25, -0.2) is 0 Å². The van der Waals surface area contributed by atoms with Gasteiger partial charge in [-0.3, -0.25) is 4.79 Å². The molecule has 0 aliphatic heterocycles. The average molecular weight is 224 g/mol. The van der Waals surface area contributed by atoms with Gasteiger partial charge in [-0.1, -0.05) is 38.3 Å². The lowest BCUT2D eigenvalue weighted by Gasteiger charge is -2.18. The van der Waals surface area contributed by atoms with Crippen LogP contribution in [0.4, 0.5) is 0 Å². The van der Waals surface area contributed by atoms with Crippen LogP contribution in [0, 0.1) is 11.8 Å². The molecular formula is C14H24O2. The molecular weight excluding hydrogens is 200 g/mol. The Morgan fingerprint density at radius 1 is 1.38 bits per heavy atom. The second kappa shape index (κ2) is 7.48. The molecule has 16 heavy (non-hydrogen) atoms. The van der Waals surface area contributed by atoms with Gasteiger partial charge in [-0.2, -0.15) is 0 Å². The zero-order chi connectivity index (χ0) is 11.8. The van der Waals surface area contributed by atoms with Gasteiger partial charge in [0.15, 0.2) is 0 Å². The molecule has 0 N–H and O–H groups in total. The summed E-state index contributed by atoms with van der Waals surface area (Å²) in [6.07, 6.45) is 11.8. The van der Waals surface area contributed by atoms with Crippen LogP contribution < -0.4 is 0 Å². The Kier molecular flexibility index (Phi) is 6.20. The molecule has 1 unspecified atom stereocenters. The van der Waals surface area contributed by atoms with Gasteiger partial charge in [0.05, 0.1) is 13.0 Å². The van der Waals surface area contributed by atoms with Crippen molar-refractivity contribution in [3.63, 3.8) is 0 Å². The first-order valence-electron chi connectivity index (χ1n) is 6.56. The van der Waals surface area contributed by atoms with Gasteiger partial charge >= 0.3 is 5.97 Å². The van der Waals surface area contributed by atoms with Crippen molar-refractivity contribution in [1.29, 1.82) is 0 Å². The minimum Gasteiger partial charge on any atom is -0.466 e. The van der Waals surface area contributed by atoms with E-state index in [-0.39, 0.29) is 5.97 Å². The molecule has 1 aliphatic carbocycles. The van der Waals surface area contributed by atoms with Crippen molar-refractivity contribution in [1.82, 2.24) is 0 Å². The molecule has 0 saturated heterocycles. The smallest absolute Gasteiger partial charge is 0.306 e. The minimum atomic E-state index is -0.0803. The lowest BCUT2D eigenvalue weighted by molar-refractivity contribution is -0.143. The van der Waals surface area contributed by atoms with Crippen molar-refractivity contribution in [3.8, 4) is 0 Å². The summed E-state index contributed by atoms with van der Waals surface area (Å²) in [4.78, 5) is 11.2. The van der Waals surface area contributed by atoms with Gasteiger partial charge in [0.25, 0.3) is 0 Å². The molecule has 0 aromatic heterocycles. The Balaban J connectivity index is 2.23. The molecule has 0 radical (unpaired) electrons. The number of hydrogen-bond donors (Lipinski definition) is 0. The minimum absolute atomic E-state index is 0.0803. The zero-order valence-electron chi connectivity index (χ0n) is 10.6. The predicted molar refractivity (Wildman–Crippen MR) is 66.1 cm³/mol. The first kappa shape index (κ1) is 13.3. The fourth-order valence-electron chi connectivity index (χ4n) is 2.22. The number of hydrogen-bond acceptors (Lipinski definition) is 2. The molecule has 0 amide bonds. The third-order valence-electron chi connectivity index (χ3n) is 3.16. The van der Waals surface area contributed by atoms with Crippen LogP contribution in [0.25, 0.3) is 0 Å². The second-order valence-electron chi connectivity index (χ2n) is 4.77. The van der Waals surface area contributed by atoms with Gasteiger partial charge in [-0.15, -0.1) is 0 Å². The maximum Gasteiger partial charge on any atom is 0.306 e. The predicted octanol–water partition coefficient (Wildman–Crippen LogP) is 3.71. The standard InChI is InChI=1S/C14H24O2/c1-3-16-14(15)11-12(2)9-10-13-7-5-4-6-8-13/h9-10,12-13H,3-8,11H2,1-2H3. The van der Waals surface area contributed by atoms with E-state index in [0.717, 1.165) is 5.92 Å². The van der Waals surface area contributed by atoms with E-state index in [0.29, 0.717) is 18.9 Å². The molecule has 0 bridgehead atoms. The van der Waals surface area contributed by atoms with Gasteiger partial charge in [0.2, 0.25) is 0 Å². The van der Waals surface area contributed by atoms with Crippen LogP contribution >= 0.6 is 0 Å². The summed E-state index contributed by atoms with van der Waals surface area (Å²) in [6, 6.07) is 0. The topological polar surface area (TPSA) is 26.3 Å². The number of allylic oxidation sites excluding steroid dienone is 2. The molecule has 1 atom stereocenters. The molecule has 2 nitrogen and oxygen atoms in total. The third-order valence-corrected chi connectivity index (χ3v) is 3.16. The van der Waals surface area contributed by atoms with E-state index in [1.165, 1.54) is 32.1 Å². The van der Waals surface area contributed by atoms with Crippen molar-refractivity contribution in [3.05, 3.63) is 12.2 Å². The first-order chi connectivity index (χ1) is 7.72. The highest BCUT2D eigenvalue weighted by atomic mass is 16.5. The van der Waals surface area contributed by atoms with Crippen LogP contribution in [0.1, 0.15) is 52.4 Å². The van der Waals surface area contributed by atoms with E-state index in [2.05, 4.69) is 19.1 Å². The van der Waals surface area contributed by atoms with E-state index in [9.17, 15) is 4.79 Å². The van der Waals surface area contributed by atoms with E-state index in [4.69, 9.17) is 4.74 Å². The number of rotatable bonds is 5. The van der Waals surface area contributed by atoms with Crippen LogP contribution in [0.15, 0.2) is 12.2 Å². The van der Waals surface area contributed by atoms with Gasteiger partial charge in [0.1, 0.15) is 0 Å². The van der Waals surface area contributed by atoms with Crippen molar-refractivity contribution >= 4 is 5.97 Å². The molecule has 0 aromatic rings. The highest BCUT2D eigenvalue weighted by Crippen LogP contribution is 2.25. The van der Waals surface area contributed by atoms with Crippen LogP contribution in [-0.4, -0.2) is 12.6 Å². The highest BCUT2D eigenvalue weighted by Gasteiger charge is 2.11. The molecule has 1 fully saturated rings. The SMILES string of the molecule is CCOC(=O)CC(C)C=CC1CCCCC1. The van der Waals surface area contributed by atoms with Crippen LogP contribution in [0.3, 0.4) is 0 Å². The monoisotopic (exact) mass is 224 g/mol. The maximum absolute atomic E-state index is 11.2. The van der Waals surface area contributed by atoms with Gasteiger partial charge < -0.3 is 4.74 Å². The number of ether oxygens (including phenoxy) is 1. The van der Waals surface area contributed by atoms with Crippen molar-refractivity contribution in [2.24, 2.45) is 11.8 Å². The fourth-order valence-corrected chi connectivity index (χ4v) is 2.22. The molecule has 2 heteroatoms. The van der Waals surface area contributed by atoms with E-state index in [1.807, 2.05) is 6.92 Å². The number of carbonyl (C=O) groups is 1. The van der Waals surface area contributed by atoms with Crippen LogP contribution in [0.2, 0.25) is 0 Å². The molecule has 1 rings (SSSR count). The zero-order valence-corrected chi connectivity index (χ0v) is 10.6. The average Bonchev–Trinajstić information content (AvgIpc) is 2.28. The summed E-state index contributed by atoms with van der Waals surface area (Å²) in [5.74, 6) is 0.975. The lowest BCUT2D eigenvalue weighted by Crippen LogP contribution is -2.08. The van der Waals surface area contributed by atoms with Crippen molar-refractivity contribution in [2.45, 2.75) is 52.4 Å². The quantitative estimate of drug-likeness (QED) is 0.525. The van der Waals surface area contributed by atoms with E-state index >= 15 is 0 Å². The number of esters is 1. The normalized spacial score (nSPS) is 19.9. The molecule has 0 spiro atoms. The van der Waals surface area contributed by atoms with Gasteiger partial charge in [-0.05, 0) is 31.6 Å². The Morgan fingerprint density at radius 3 is 2.69 bits per heavy atom. The summed E-state index contributed by atoms with van der Waals surface area (Å²) in [6.45, 7) is 4.41. The largest absolute Gasteiger partial charge is 0.466 e. The Hall–Kier alpha value is -0.790. The first-order valence-corrected chi connectivity index (χ1v) is 6.56. The molecule has 92 valence electrons. The third kappa shape index (κ3) is 5.34. The van der Waals surface area contributed by atoms with Crippen LogP contribution in [0.5, 0.6) is 0 Å². The summed E-state index contributed by atoms with van der Waals surface area (Å²) in [5, 5.41) is 0. The summed E-state index contributed by atoms with van der Waals surface area (Å²) in [7, 11) is 0. The van der Waals surface area contributed by atoms with E-state index < -0.39 is 0 Å². The van der Waals surface area contributed by atoms with E-state index in [1.54, 1.807) is 0 Å². The summed E-state index contributed by atoms with van der Waals surface area (Å²) >= 11 is 0. The summed E-state index contributed by atoms with van der Waals surface area (Å²) < 4.78 is 4.93. The van der Waals surface area contributed by atoms with Crippen LogP contribution in [-0.2, 0) is 9.53 Å². The number of carbonyl (C=O) groups excluding carboxylic acids is 1. The molecule has 1 saturated carbocycles. The summed E-state index contributed by atoms with van der Waals surface area (Å²) in [5.41, 5.74) is 0. The Bertz CT molecular complexity index is 227. The Labute approximate surface area is 99.1 Å². The second-order valence-corrected chi connectivity index (χ2v) is 4.77.